The van der Waals surface area contributed by atoms with Crippen LogP contribution in [0.5, 0.6) is 5.75 Å². The normalized spacial score (nSPS) is 15.2. The van der Waals surface area contributed by atoms with Crippen molar-refractivity contribution in [1.82, 2.24) is 4.90 Å². The van der Waals surface area contributed by atoms with E-state index in [9.17, 15) is 9.59 Å². The van der Waals surface area contributed by atoms with Gasteiger partial charge in [-0.2, -0.15) is 0 Å². The van der Waals surface area contributed by atoms with Gasteiger partial charge < -0.3 is 15.0 Å². The van der Waals surface area contributed by atoms with Gasteiger partial charge in [-0.25, -0.2) is 0 Å². The number of ether oxygens (including phenoxy) is 1. The van der Waals surface area contributed by atoms with Crippen molar-refractivity contribution >= 4 is 17.5 Å². The summed E-state index contributed by atoms with van der Waals surface area (Å²) in [5.41, 5.74) is -0.215. The maximum Gasteiger partial charge on any atom is 0.240 e. The van der Waals surface area contributed by atoms with E-state index in [4.69, 9.17) is 4.74 Å². The molecule has 1 fully saturated rings. The van der Waals surface area contributed by atoms with Crippen molar-refractivity contribution in [3.05, 3.63) is 24.3 Å². The molecule has 0 unspecified atom stereocenters. The highest BCUT2D eigenvalue weighted by atomic mass is 16.5. The summed E-state index contributed by atoms with van der Waals surface area (Å²) in [6.07, 6.45) is 1.25. The molecule has 0 spiro atoms. The Balaban J connectivity index is 2.10. The van der Waals surface area contributed by atoms with Crippen LogP contribution in [0.3, 0.4) is 0 Å². The molecule has 5 nitrogen and oxygen atoms in total. The number of hydrogen-bond donors (Lipinski definition) is 1. The van der Waals surface area contributed by atoms with Crippen LogP contribution < -0.4 is 10.1 Å². The first-order valence-corrected chi connectivity index (χ1v) is 7.32. The maximum atomic E-state index is 12.5. The largest absolute Gasteiger partial charge is 0.497 e. The van der Waals surface area contributed by atoms with Gasteiger partial charge in [0.25, 0.3) is 0 Å². The summed E-state index contributed by atoms with van der Waals surface area (Å²) >= 11 is 0. The molecule has 0 heterocycles. The smallest absolute Gasteiger partial charge is 0.240 e. The van der Waals surface area contributed by atoms with Crippen molar-refractivity contribution in [3.8, 4) is 5.75 Å². The Bertz CT molecular complexity index is 534. The third kappa shape index (κ3) is 3.01. The Labute approximate surface area is 125 Å². The van der Waals surface area contributed by atoms with Crippen LogP contribution in [0, 0.1) is 5.41 Å². The molecule has 0 bridgehead atoms. The number of methoxy groups -OCH3 is 1. The molecule has 0 atom stereocenters. The van der Waals surface area contributed by atoms with Crippen molar-refractivity contribution in [2.75, 3.05) is 25.5 Å². The number of rotatable bonds is 6. The van der Waals surface area contributed by atoms with Gasteiger partial charge in [0.2, 0.25) is 11.8 Å². The second-order valence-electron chi connectivity index (χ2n) is 5.25. The molecule has 1 aromatic rings. The number of carbonyl (C=O) groups excluding carboxylic acids is 2. The molecule has 5 heteroatoms. The Morgan fingerprint density at radius 3 is 2.48 bits per heavy atom. The van der Waals surface area contributed by atoms with Crippen molar-refractivity contribution in [1.29, 1.82) is 0 Å². The molecule has 1 aliphatic carbocycles. The maximum absolute atomic E-state index is 12.5. The third-order valence-electron chi connectivity index (χ3n) is 3.97. The predicted octanol–water partition coefficient (Wildman–Crippen LogP) is 2.28. The fourth-order valence-corrected chi connectivity index (χ4v) is 2.43. The van der Waals surface area contributed by atoms with Gasteiger partial charge in [-0.15, -0.1) is 0 Å². The minimum Gasteiger partial charge on any atom is -0.497 e. The van der Waals surface area contributed by atoms with E-state index in [1.165, 1.54) is 0 Å². The lowest BCUT2D eigenvalue weighted by atomic mass is 10.0. The number of nitrogens with one attached hydrogen (secondary N) is 1. The minimum absolute atomic E-state index is 0.0621. The van der Waals surface area contributed by atoms with Crippen LogP contribution in [-0.4, -0.2) is 36.9 Å². The number of anilines is 1. The minimum atomic E-state index is -0.866. The second-order valence-corrected chi connectivity index (χ2v) is 5.25. The van der Waals surface area contributed by atoms with E-state index in [0.717, 1.165) is 0 Å². The highest BCUT2D eigenvalue weighted by Gasteiger charge is 2.57. The quantitative estimate of drug-likeness (QED) is 0.818. The fourth-order valence-electron chi connectivity index (χ4n) is 2.43. The van der Waals surface area contributed by atoms with Crippen molar-refractivity contribution in [2.45, 2.75) is 26.7 Å². The average Bonchev–Trinajstić information content (AvgIpc) is 3.30. The zero-order valence-corrected chi connectivity index (χ0v) is 12.8. The number of hydrogen-bond acceptors (Lipinski definition) is 3. The van der Waals surface area contributed by atoms with Gasteiger partial charge in [-0.3, -0.25) is 9.59 Å². The summed E-state index contributed by atoms with van der Waals surface area (Å²) in [6.45, 7) is 5.11. The van der Waals surface area contributed by atoms with Crippen molar-refractivity contribution in [3.63, 3.8) is 0 Å². The van der Waals surface area contributed by atoms with Crippen LogP contribution in [0.1, 0.15) is 26.7 Å². The third-order valence-corrected chi connectivity index (χ3v) is 3.97. The monoisotopic (exact) mass is 290 g/mol. The Morgan fingerprint density at radius 2 is 1.95 bits per heavy atom. The summed E-state index contributed by atoms with van der Waals surface area (Å²) in [4.78, 5) is 26.7. The van der Waals surface area contributed by atoms with Gasteiger partial charge in [0, 0.05) is 24.8 Å². The van der Waals surface area contributed by atoms with E-state index in [2.05, 4.69) is 5.32 Å². The van der Waals surface area contributed by atoms with Crippen LogP contribution in [0.25, 0.3) is 0 Å². The molecule has 114 valence electrons. The molecule has 21 heavy (non-hydrogen) atoms. The lowest BCUT2D eigenvalue weighted by molar-refractivity contribution is -0.141. The number of carbonyl (C=O) groups is 2. The molecule has 0 aromatic heterocycles. The highest BCUT2D eigenvalue weighted by molar-refractivity contribution is 6.13. The standard InChI is InChI=1S/C16H22N2O3/c1-4-18(5-2)15(20)16(9-10-16)14(19)17-12-7-6-8-13(11-12)21-3/h6-8,11H,4-5,9-10H2,1-3H3,(H,17,19). The summed E-state index contributed by atoms with van der Waals surface area (Å²) in [7, 11) is 1.58. The Hall–Kier alpha value is -2.04. The highest BCUT2D eigenvalue weighted by Crippen LogP contribution is 2.48. The zero-order valence-electron chi connectivity index (χ0n) is 12.8. The Kier molecular flexibility index (Phi) is 4.50. The van der Waals surface area contributed by atoms with E-state index in [-0.39, 0.29) is 11.8 Å². The van der Waals surface area contributed by atoms with Gasteiger partial charge in [-0.1, -0.05) is 6.07 Å². The molecule has 1 aromatic carbocycles. The van der Waals surface area contributed by atoms with E-state index in [1.807, 2.05) is 19.9 Å². The lowest BCUT2D eigenvalue weighted by Crippen LogP contribution is -2.42. The van der Waals surface area contributed by atoms with Crippen LogP contribution in [-0.2, 0) is 9.59 Å². The van der Waals surface area contributed by atoms with Crippen molar-refractivity contribution < 1.29 is 14.3 Å². The molecule has 1 saturated carbocycles. The first-order valence-electron chi connectivity index (χ1n) is 7.32. The van der Waals surface area contributed by atoms with Gasteiger partial charge in [0.05, 0.1) is 7.11 Å². The topological polar surface area (TPSA) is 58.6 Å². The summed E-state index contributed by atoms with van der Waals surface area (Å²) in [5, 5.41) is 2.84. The van der Waals surface area contributed by atoms with Crippen molar-refractivity contribution in [2.24, 2.45) is 5.41 Å². The zero-order chi connectivity index (χ0) is 15.5. The van der Waals surface area contributed by atoms with E-state index in [0.29, 0.717) is 37.4 Å². The number of benzene rings is 1. The Morgan fingerprint density at radius 1 is 1.29 bits per heavy atom. The SMILES string of the molecule is CCN(CC)C(=O)C1(C(=O)Nc2cccc(OC)c2)CC1. The molecule has 1 N–H and O–H groups in total. The van der Waals surface area contributed by atoms with Gasteiger partial charge in [0.15, 0.2) is 0 Å². The van der Waals surface area contributed by atoms with Gasteiger partial charge in [0.1, 0.15) is 11.2 Å². The first-order chi connectivity index (χ1) is 10.1. The molecular formula is C16H22N2O3. The van der Waals surface area contributed by atoms with Crippen LogP contribution >= 0.6 is 0 Å². The molecule has 0 saturated heterocycles. The van der Waals surface area contributed by atoms with E-state index < -0.39 is 5.41 Å². The van der Waals surface area contributed by atoms with E-state index in [1.54, 1.807) is 30.2 Å². The predicted molar refractivity (Wildman–Crippen MR) is 81.2 cm³/mol. The molecule has 1 aliphatic rings. The lowest BCUT2D eigenvalue weighted by Gasteiger charge is -2.24. The van der Waals surface area contributed by atoms with E-state index >= 15 is 0 Å². The van der Waals surface area contributed by atoms with Crippen LogP contribution in [0.4, 0.5) is 5.69 Å². The van der Waals surface area contributed by atoms with Gasteiger partial charge >= 0.3 is 0 Å². The summed E-state index contributed by atoms with van der Waals surface area (Å²) in [5.74, 6) is 0.397. The first kappa shape index (κ1) is 15.4. The fraction of sp³-hybridized carbons (Fsp3) is 0.500. The summed E-state index contributed by atoms with van der Waals surface area (Å²) in [6, 6.07) is 7.15. The van der Waals surface area contributed by atoms with Crippen LogP contribution in [0.2, 0.25) is 0 Å². The van der Waals surface area contributed by atoms with Gasteiger partial charge in [-0.05, 0) is 38.8 Å². The number of amides is 2. The van der Waals surface area contributed by atoms with Crippen LogP contribution in [0.15, 0.2) is 24.3 Å². The molecule has 2 rings (SSSR count). The summed E-state index contributed by atoms with van der Waals surface area (Å²) < 4.78 is 5.13. The second kappa shape index (κ2) is 6.16. The molecule has 0 radical (unpaired) electrons. The average molecular weight is 290 g/mol. The molecule has 0 aliphatic heterocycles. The molecular weight excluding hydrogens is 268 g/mol. The number of nitrogens with zero attached hydrogens (tertiary/aromatic N) is 1. The molecule has 2 amide bonds.